The zero-order valence-corrected chi connectivity index (χ0v) is 24.5. The minimum absolute atomic E-state index is 0. The molecule has 1 radical (unpaired) electrons. The molecule has 227 valence electrons. The van der Waals surface area contributed by atoms with Crippen LogP contribution in [-0.4, -0.2) is 52.6 Å². The maximum atomic E-state index is 10.9. The third-order valence-electron chi connectivity index (χ3n) is 4.59. The molecule has 0 bridgehead atoms. The average Bonchev–Trinajstić information content (AvgIpc) is 2.81. The molecule has 0 fully saturated rings. The maximum absolute atomic E-state index is 10.9. The summed E-state index contributed by atoms with van der Waals surface area (Å²) in [4.78, 5) is 95.4. The van der Waals surface area contributed by atoms with Gasteiger partial charge < -0.3 is 29.7 Å². The van der Waals surface area contributed by atoms with Crippen LogP contribution in [0.3, 0.4) is 0 Å². The summed E-state index contributed by atoms with van der Waals surface area (Å²) in [6, 6.07) is 0. The molecule has 0 aliphatic rings. The van der Waals surface area contributed by atoms with Crippen molar-refractivity contribution in [1.29, 1.82) is 0 Å². The van der Waals surface area contributed by atoms with Crippen molar-refractivity contribution in [2.75, 3.05) is 0 Å². The van der Waals surface area contributed by atoms with Gasteiger partial charge in [-0.2, -0.15) is 0 Å². The van der Waals surface area contributed by atoms with Crippen molar-refractivity contribution >= 4 is 52.6 Å². The van der Waals surface area contributed by atoms with E-state index in [2.05, 4.69) is 0 Å². The quantitative estimate of drug-likeness (QED) is 0.119. The maximum Gasteiger partial charge on any atom is 3.00 e. The molecule has 0 rings (SSSR count). The van der Waals surface area contributed by atoms with Crippen LogP contribution in [0.2, 0.25) is 0 Å². The fourth-order valence-electron chi connectivity index (χ4n) is 2.75. The Kier molecular flexibility index (Phi) is 31.8. The van der Waals surface area contributed by atoms with Gasteiger partial charge in [-0.25, -0.2) is 0 Å². The molecule has 40 heavy (non-hydrogen) atoms. The Morgan fingerprint density at radius 2 is 0.525 bits per heavy atom. The van der Waals surface area contributed by atoms with Crippen molar-refractivity contribution in [1.82, 2.24) is 0 Å². The minimum Gasteiger partial charge on any atom is -0.550 e. The smallest absolute Gasteiger partial charge is 0.550 e. The standard InChI is InChI=1S/3C9H14O4.Fe/c3*1-2-3-7(10)6-8(11)4-5-9(12)13;/h3*2-6H2,1H3,(H,12,13);/q;;;+3/p-3. The van der Waals surface area contributed by atoms with Crippen LogP contribution < -0.4 is 15.3 Å². The molecule has 0 unspecified atom stereocenters. The number of hydrogen-bond acceptors (Lipinski definition) is 12. The summed E-state index contributed by atoms with van der Waals surface area (Å²) >= 11 is 0. The minimum atomic E-state index is -1.25. The molecule has 0 aromatic rings. The van der Waals surface area contributed by atoms with E-state index >= 15 is 0 Å². The van der Waals surface area contributed by atoms with Gasteiger partial charge in [0.05, 0.1) is 19.3 Å². The monoisotopic (exact) mass is 611 g/mol. The SMILES string of the molecule is CCCC(=O)CC(=O)CCC(=O)[O-].CCCC(=O)CC(=O)CCC(=O)[O-].CCCC(=O)CC(=O)CCC(=O)[O-].[Fe+3]. The second-order valence-corrected chi connectivity index (χ2v) is 8.63. The predicted octanol–water partition coefficient (Wildman–Crippen LogP) is -0.468. The summed E-state index contributed by atoms with van der Waals surface area (Å²) in [6.07, 6.45) is 1.71. The molecule has 0 atom stereocenters. The van der Waals surface area contributed by atoms with Gasteiger partial charge in [0.1, 0.15) is 34.7 Å². The van der Waals surface area contributed by atoms with Crippen LogP contribution in [0.5, 0.6) is 0 Å². The Balaban J connectivity index is -0.000000240. The predicted molar refractivity (Wildman–Crippen MR) is 131 cm³/mol. The molecule has 0 aromatic heterocycles. The summed E-state index contributed by atoms with van der Waals surface area (Å²) < 4.78 is 0. The van der Waals surface area contributed by atoms with Gasteiger partial charge in [-0.3, -0.25) is 28.8 Å². The average molecular weight is 611 g/mol. The van der Waals surface area contributed by atoms with E-state index in [0.29, 0.717) is 38.5 Å². The number of aliphatic carboxylic acids is 3. The molecule has 0 saturated carbocycles. The van der Waals surface area contributed by atoms with E-state index in [4.69, 9.17) is 0 Å². The number of rotatable bonds is 21. The number of carbonyl (C=O) groups excluding carboxylic acids is 9. The summed E-state index contributed by atoms with van der Waals surface area (Å²) in [5.74, 6) is -5.07. The third-order valence-corrected chi connectivity index (χ3v) is 4.59. The fourth-order valence-corrected chi connectivity index (χ4v) is 2.75. The number of Topliss-reactive ketones (excluding diaryl/α,β-unsaturated/α-hetero) is 6. The van der Waals surface area contributed by atoms with Gasteiger partial charge in [0.15, 0.2) is 0 Å². The first-order valence-corrected chi connectivity index (χ1v) is 12.9. The Hall–Kier alpha value is -3.05. The van der Waals surface area contributed by atoms with Crippen molar-refractivity contribution < 1.29 is 75.5 Å². The fraction of sp³-hybridized carbons (Fsp3) is 0.667. The molecule has 0 N–H and O–H groups in total. The molecule has 12 nitrogen and oxygen atoms in total. The first-order chi connectivity index (χ1) is 18.2. The van der Waals surface area contributed by atoms with Crippen molar-refractivity contribution in [3.8, 4) is 0 Å². The van der Waals surface area contributed by atoms with Crippen molar-refractivity contribution in [3.05, 3.63) is 0 Å². The van der Waals surface area contributed by atoms with Crippen LogP contribution in [0.25, 0.3) is 0 Å². The van der Waals surface area contributed by atoms with Gasteiger partial charge in [0.25, 0.3) is 0 Å². The molecular formula is C27H39FeO12. The number of carboxylic acid groups (broad SMARTS) is 3. The summed E-state index contributed by atoms with van der Waals surface area (Å²) in [7, 11) is 0. The Morgan fingerprint density at radius 3 is 0.675 bits per heavy atom. The van der Waals surface area contributed by atoms with E-state index in [1.54, 1.807) is 0 Å². The van der Waals surface area contributed by atoms with Gasteiger partial charge in [-0.05, 0) is 38.5 Å². The molecule has 0 amide bonds. The van der Waals surface area contributed by atoms with Gasteiger partial charge in [-0.15, -0.1) is 0 Å². The van der Waals surface area contributed by atoms with Crippen molar-refractivity contribution in [2.45, 2.75) is 117 Å². The van der Waals surface area contributed by atoms with Gasteiger partial charge in [-0.1, -0.05) is 20.8 Å². The van der Waals surface area contributed by atoms with E-state index in [-0.39, 0.29) is 110 Å². The molecule has 0 spiro atoms. The summed E-state index contributed by atoms with van der Waals surface area (Å²) in [6.45, 7) is 5.55. The molecule has 0 heterocycles. The van der Waals surface area contributed by atoms with E-state index in [9.17, 15) is 58.5 Å². The van der Waals surface area contributed by atoms with Crippen LogP contribution >= 0.6 is 0 Å². The Bertz CT molecular complexity index is 739. The molecular weight excluding hydrogens is 572 g/mol. The number of ketones is 6. The zero-order valence-electron chi connectivity index (χ0n) is 23.4. The molecule has 13 heteroatoms. The van der Waals surface area contributed by atoms with E-state index in [1.807, 2.05) is 20.8 Å². The summed E-state index contributed by atoms with van der Waals surface area (Å²) in [5, 5.41) is 29.9. The number of hydrogen-bond donors (Lipinski definition) is 0. The molecule has 0 aliphatic heterocycles. The van der Waals surface area contributed by atoms with Crippen LogP contribution in [0, 0.1) is 0 Å². The van der Waals surface area contributed by atoms with Gasteiger partial charge >= 0.3 is 17.1 Å². The number of carboxylic acids is 3. The van der Waals surface area contributed by atoms with Crippen molar-refractivity contribution in [2.24, 2.45) is 0 Å². The molecule has 0 aromatic carbocycles. The van der Waals surface area contributed by atoms with Crippen molar-refractivity contribution in [3.63, 3.8) is 0 Å². The third kappa shape index (κ3) is 37.1. The van der Waals surface area contributed by atoms with E-state index in [0.717, 1.165) is 0 Å². The topological polar surface area (TPSA) is 223 Å². The van der Waals surface area contributed by atoms with Gasteiger partial charge in [0.2, 0.25) is 0 Å². The van der Waals surface area contributed by atoms with Crippen LogP contribution in [0.1, 0.15) is 117 Å². The van der Waals surface area contributed by atoms with E-state index in [1.165, 1.54) is 0 Å². The normalized spacial score (nSPS) is 9.38. The Labute approximate surface area is 245 Å². The van der Waals surface area contributed by atoms with E-state index < -0.39 is 17.9 Å². The molecule has 0 aliphatic carbocycles. The first kappa shape index (κ1) is 44.0. The molecule has 0 saturated heterocycles. The second-order valence-electron chi connectivity index (χ2n) is 8.63. The first-order valence-electron chi connectivity index (χ1n) is 12.9. The second kappa shape index (κ2) is 28.9. The van der Waals surface area contributed by atoms with Crippen LogP contribution in [-0.2, 0) is 60.2 Å². The summed E-state index contributed by atoms with van der Waals surface area (Å²) in [5.41, 5.74) is 0. The van der Waals surface area contributed by atoms with Gasteiger partial charge in [0, 0.05) is 56.4 Å². The Morgan fingerprint density at radius 1 is 0.350 bits per heavy atom. The number of carbonyl (C=O) groups is 9. The van der Waals surface area contributed by atoms with Crippen LogP contribution in [0.4, 0.5) is 0 Å². The largest absolute Gasteiger partial charge is 3.00 e. The zero-order chi connectivity index (χ0) is 30.8. The van der Waals surface area contributed by atoms with Crippen LogP contribution in [0.15, 0.2) is 0 Å².